The van der Waals surface area contributed by atoms with Gasteiger partial charge in [0.15, 0.2) is 0 Å². The summed E-state index contributed by atoms with van der Waals surface area (Å²) in [6.07, 6.45) is 0.624. The van der Waals surface area contributed by atoms with E-state index in [-0.39, 0.29) is 17.2 Å². The molecular formula is C22H23F3N4O4. The maximum Gasteiger partial charge on any atom is 0.490 e. The Morgan fingerprint density at radius 3 is 2.06 bits per heavy atom. The van der Waals surface area contributed by atoms with Crippen LogP contribution in [0.15, 0.2) is 48.8 Å². The molecular weight excluding hydrogens is 441 g/mol. The van der Waals surface area contributed by atoms with Crippen LogP contribution in [0.1, 0.15) is 35.4 Å². The normalized spacial score (nSPS) is 17.5. The summed E-state index contributed by atoms with van der Waals surface area (Å²) in [4.78, 5) is 46.7. The molecule has 4 heterocycles. The molecule has 0 bridgehead atoms. The molecule has 1 spiro atoms. The average molecular weight is 464 g/mol. The third-order valence-electron chi connectivity index (χ3n) is 5.81. The van der Waals surface area contributed by atoms with Crippen LogP contribution in [0.3, 0.4) is 0 Å². The summed E-state index contributed by atoms with van der Waals surface area (Å²) in [7, 11) is 0. The zero-order valence-corrected chi connectivity index (χ0v) is 17.7. The van der Waals surface area contributed by atoms with Crippen LogP contribution in [0.2, 0.25) is 0 Å². The van der Waals surface area contributed by atoms with Crippen molar-refractivity contribution >= 4 is 17.8 Å². The molecule has 0 unspecified atom stereocenters. The maximum atomic E-state index is 13.0. The summed E-state index contributed by atoms with van der Waals surface area (Å²) in [6, 6.07) is 11.1. The molecule has 33 heavy (non-hydrogen) atoms. The first-order chi connectivity index (χ1) is 15.6. The molecule has 0 aromatic carbocycles. The van der Waals surface area contributed by atoms with Gasteiger partial charge in [-0.25, -0.2) is 4.79 Å². The fraction of sp³-hybridized carbons (Fsp3) is 0.409. The molecule has 8 nitrogen and oxygen atoms in total. The van der Waals surface area contributed by atoms with Gasteiger partial charge in [0, 0.05) is 32.0 Å². The summed E-state index contributed by atoms with van der Waals surface area (Å²) in [5, 5.41) is 7.12. The quantitative estimate of drug-likeness (QED) is 0.749. The summed E-state index contributed by atoms with van der Waals surface area (Å²) in [6.45, 7) is 2.55. The Balaban J connectivity index is 0.000000383. The predicted molar refractivity (Wildman–Crippen MR) is 110 cm³/mol. The smallest absolute Gasteiger partial charge is 0.475 e. The molecule has 2 saturated heterocycles. The SMILES string of the molecule is O=C(O)C(F)(F)F.O=C(c1ccccn1)N1CCC2(CC1)CCN(Cc1ccccn1)C2=O. The van der Waals surface area contributed by atoms with Crippen LogP contribution in [0.25, 0.3) is 0 Å². The van der Waals surface area contributed by atoms with Gasteiger partial charge in [-0.3, -0.25) is 19.6 Å². The van der Waals surface area contributed by atoms with Crippen molar-refractivity contribution in [2.24, 2.45) is 5.41 Å². The van der Waals surface area contributed by atoms with Gasteiger partial charge >= 0.3 is 12.1 Å². The molecule has 1 N–H and O–H groups in total. The van der Waals surface area contributed by atoms with Gasteiger partial charge in [0.25, 0.3) is 5.91 Å². The molecule has 0 radical (unpaired) electrons. The fourth-order valence-corrected chi connectivity index (χ4v) is 3.98. The van der Waals surface area contributed by atoms with E-state index in [1.54, 1.807) is 24.5 Å². The number of amides is 2. The van der Waals surface area contributed by atoms with Gasteiger partial charge in [-0.2, -0.15) is 13.2 Å². The molecule has 0 atom stereocenters. The lowest BCUT2D eigenvalue weighted by atomic mass is 9.77. The molecule has 0 saturated carbocycles. The number of carboxylic acid groups (broad SMARTS) is 1. The number of aromatic nitrogens is 2. The second kappa shape index (κ2) is 9.97. The number of aliphatic carboxylic acids is 1. The standard InChI is InChI=1S/C20H22N4O2.C2HF3O2/c25-18(17-6-2-4-11-22-17)23-12-7-20(8-13-23)9-14-24(19(20)26)15-16-5-1-3-10-21-16;3-2(4,5)1(6)7/h1-6,10-11H,7-9,12-15H2;(H,6,7). The first kappa shape index (κ1) is 24.1. The number of carbonyl (C=O) groups excluding carboxylic acids is 2. The first-order valence-corrected chi connectivity index (χ1v) is 10.3. The highest BCUT2D eigenvalue weighted by molar-refractivity contribution is 5.92. The average Bonchev–Trinajstić information content (AvgIpc) is 3.10. The van der Waals surface area contributed by atoms with Crippen LogP contribution in [0.4, 0.5) is 13.2 Å². The van der Waals surface area contributed by atoms with E-state index in [1.165, 1.54) is 0 Å². The monoisotopic (exact) mass is 464 g/mol. The third kappa shape index (κ3) is 5.85. The summed E-state index contributed by atoms with van der Waals surface area (Å²) in [5.74, 6) is -2.59. The van der Waals surface area contributed by atoms with Crippen molar-refractivity contribution in [2.75, 3.05) is 19.6 Å². The van der Waals surface area contributed by atoms with Crippen molar-refractivity contribution in [3.63, 3.8) is 0 Å². The number of hydrogen-bond donors (Lipinski definition) is 1. The molecule has 2 aromatic heterocycles. The molecule has 2 aliphatic rings. The highest BCUT2D eigenvalue weighted by Crippen LogP contribution is 2.42. The van der Waals surface area contributed by atoms with Crippen molar-refractivity contribution in [2.45, 2.75) is 32.0 Å². The van der Waals surface area contributed by atoms with E-state index in [4.69, 9.17) is 9.90 Å². The molecule has 176 valence electrons. The zero-order valence-electron chi connectivity index (χ0n) is 17.7. The van der Waals surface area contributed by atoms with Gasteiger partial charge in [0.1, 0.15) is 5.69 Å². The molecule has 2 fully saturated rings. The van der Waals surface area contributed by atoms with E-state index in [0.29, 0.717) is 25.3 Å². The van der Waals surface area contributed by atoms with Crippen molar-refractivity contribution in [3.8, 4) is 0 Å². The lowest BCUT2D eigenvalue weighted by Crippen LogP contribution is -2.46. The van der Waals surface area contributed by atoms with Gasteiger partial charge in [-0.05, 0) is 43.5 Å². The molecule has 4 rings (SSSR count). The van der Waals surface area contributed by atoms with Crippen LogP contribution in [-0.2, 0) is 16.1 Å². The number of nitrogens with zero attached hydrogens (tertiary/aromatic N) is 4. The minimum atomic E-state index is -5.08. The second-order valence-corrected chi connectivity index (χ2v) is 7.89. The van der Waals surface area contributed by atoms with Gasteiger partial charge < -0.3 is 14.9 Å². The van der Waals surface area contributed by atoms with Crippen LogP contribution in [0.5, 0.6) is 0 Å². The van der Waals surface area contributed by atoms with E-state index < -0.39 is 12.1 Å². The Bertz CT molecular complexity index is 978. The number of carbonyl (C=O) groups is 3. The van der Waals surface area contributed by atoms with Gasteiger partial charge in [-0.15, -0.1) is 0 Å². The summed E-state index contributed by atoms with van der Waals surface area (Å²) in [5.41, 5.74) is 1.08. The van der Waals surface area contributed by atoms with E-state index in [9.17, 15) is 22.8 Å². The number of rotatable bonds is 3. The van der Waals surface area contributed by atoms with Crippen LogP contribution in [0, 0.1) is 5.41 Å². The lowest BCUT2D eigenvalue weighted by molar-refractivity contribution is -0.192. The van der Waals surface area contributed by atoms with Crippen LogP contribution in [-0.4, -0.2) is 68.5 Å². The van der Waals surface area contributed by atoms with Crippen LogP contribution < -0.4 is 0 Å². The minimum absolute atomic E-state index is 0.0452. The number of alkyl halides is 3. The van der Waals surface area contributed by atoms with E-state index in [2.05, 4.69) is 9.97 Å². The molecule has 2 amide bonds. The van der Waals surface area contributed by atoms with E-state index in [1.807, 2.05) is 34.1 Å². The van der Waals surface area contributed by atoms with Crippen LogP contribution >= 0.6 is 0 Å². The number of hydrogen-bond acceptors (Lipinski definition) is 5. The van der Waals surface area contributed by atoms with E-state index in [0.717, 1.165) is 31.5 Å². The third-order valence-corrected chi connectivity index (χ3v) is 5.81. The Kier molecular flexibility index (Phi) is 7.29. The van der Waals surface area contributed by atoms with Crippen molar-refractivity contribution in [1.29, 1.82) is 0 Å². The molecule has 11 heteroatoms. The number of carboxylic acids is 1. The predicted octanol–water partition coefficient (Wildman–Crippen LogP) is 2.76. The Hall–Kier alpha value is -3.50. The Labute approximate surface area is 188 Å². The molecule has 0 aliphatic carbocycles. The first-order valence-electron chi connectivity index (χ1n) is 10.3. The minimum Gasteiger partial charge on any atom is -0.475 e. The van der Waals surface area contributed by atoms with Gasteiger partial charge in [0.05, 0.1) is 17.7 Å². The van der Waals surface area contributed by atoms with Crippen molar-refractivity contribution in [3.05, 3.63) is 60.2 Å². The van der Waals surface area contributed by atoms with Crippen molar-refractivity contribution < 1.29 is 32.7 Å². The highest BCUT2D eigenvalue weighted by Gasteiger charge is 2.48. The second-order valence-electron chi connectivity index (χ2n) is 7.89. The molecule has 2 aromatic rings. The zero-order chi connectivity index (χ0) is 24.1. The summed E-state index contributed by atoms with van der Waals surface area (Å²) < 4.78 is 31.7. The van der Waals surface area contributed by atoms with E-state index >= 15 is 0 Å². The Morgan fingerprint density at radius 1 is 0.970 bits per heavy atom. The number of halogens is 3. The fourth-order valence-electron chi connectivity index (χ4n) is 3.98. The van der Waals surface area contributed by atoms with Gasteiger partial charge in [-0.1, -0.05) is 12.1 Å². The number of likely N-dealkylation sites (tertiary alicyclic amines) is 2. The van der Waals surface area contributed by atoms with Crippen molar-refractivity contribution in [1.82, 2.24) is 19.8 Å². The lowest BCUT2D eigenvalue weighted by Gasteiger charge is -2.37. The topological polar surface area (TPSA) is 104 Å². The highest BCUT2D eigenvalue weighted by atomic mass is 19.4. The molecule has 2 aliphatic heterocycles. The number of piperidine rings is 1. The van der Waals surface area contributed by atoms with Gasteiger partial charge in [0.2, 0.25) is 5.91 Å². The number of pyridine rings is 2. The largest absolute Gasteiger partial charge is 0.490 e. The maximum absolute atomic E-state index is 13.0. The summed E-state index contributed by atoms with van der Waals surface area (Å²) >= 11 is 0. The Morgan fingerprint density at radius 2 is 1.55 bits per heavy atom.